The van der Waals surface area contributed by atoms with Crippen LogP contribution < -0.4 is 14.4 Å². The molecule has 1 unspecified atom stereocenters. The second-order valence-electron chi connectivity index (χ2n) is 9.47. The van der Waals surface area contributed by atoms with Crippen molar-refractivity contribution in [3.8, 4) is 11.5 Å². The minimum Gasteiger partial charge on any atom is -0.495 e. The zero-order valence-electron chi connectivity index (χ0n) is 22.6. The van der Waals surface area contributed by atoms with Crippen LogP contribution in [-0.4, -0.2) is 64.1 Å². The van der Waals surface area contributed by atoms with Crippen molar-refractivity contribution >= 4 is 42.6 Å². The van der Waals surface area contributed by atoms with E-state index in [1.165, 1.54) is 27.8 Å². The molecule has 1 aliphatic rings. The molecule has 0 radical (unpaired) electrons. The van der Waals surface area contributed by atoms with E-state index < -0.39 is 10.0 Å². The van der Waals surface area contributed by atoms with E-state index in [-0.39, 0.29) is 23.5 Å². The molecule has 40 heavy (non-hydrogen) atoms. The van der Waals surface area contributed by atoms with Gasteiger partial charge in [0.1, 0.15) is 21.7 Å². The minimum absolute atomic E-state index is 0.0989. The number of hydrogen-bond acceptors (Lipinski definition) is 8. The highest BCUT2D eigenvalue weighted by molar-refractivity contribution is 7.89. The first kappa shape index (κ1) is 28.0. The highest BCUT2D eigenvalue weighted by Crippen LogP contribution is 2.40. The quantitative estimate of drug-likeness (QED) is 0.261. The van der Waals surface area contributed by atoms with Crippen molar-refractivity contribution in [3.63, 3.8) is 0 Å². The molecule has 0 bridgehead atoms. The molecule has 210 valence electrons. The van der Waals surface area contributed by atoms with E-state index in [4.69, 9.17) is 19.2 Å². The Morgan fingerprint density at radius 3 is 2.38 bits per heavy atom. The first-order valence-corrected chi connectivity index (χ1v) is 15.1. The van der Waals surface area contributed by atoms with Crippen molar-refractivity contribution in [2.24, 2.45) is 0 Å². The van der Waals surface area contributed by atoms with Gasteiger partial charge in [-0.15, -0.1) is 0 Å². The number of ether oxygens (including phenoxy) is 3. The summed E-state index contributed by atoms with van der Waals surface area (Å²) in [7, 11) is 0.972. The van der Waals surface area contributed by atoms with Crippen LogP contribution in [0.3, 0.4) is 0 Å². The van der Waals surface area contributed by atoms with Crippen LogP contribution in [0.2, 0.25) is 0 Å². The molecule has 1 atom stereocenters. The van der Waals surface area contributed by atoms with Gasteiger partial charge in [0, 0.05) is 25.8 Å². The van der Waals surface area contributed by atoms with Crippen molar-refractivity contribution in [2.45, 2.75) is 30.4 Å². The number of methoxy groups -OCH3 is 2. The smallest absolute Gasteiger partial charge is 0.260 e. The molecular weight excluding hydrogens is 550 g/mol. The molecule has 5 rings (SSSR count). The number of hydrogen-bond donors (Lipinski definition) is 0. The van der Waals surface area contributed by atoms with Gasteiger partial charge in [-0.2, -0.15) is 4.31 Å². The van der Waals surface area contributed by atoms with Gasteiger partial charge in [-0.3, -0.25) is 9.69 Å². The van der Waals surface area contributed by atoms with Gasteiger partial charge in [0.05, 0.1) is 31.8 Å². The van der Waals surface area contributed by atoms with Crippen LogP contribution in [0.4, 0.5) is 5.13 Å². The van der Waals surface area contributed by atoms with E-state index in [1.54, 1.807) is 44.4 Å². The topological polar surface area (TPSA) is 98.3 Å². The van der Waals surface area contributed by atoms with Crippen molar-refractivity contribution in [1.82, 2.24) is 9.29 Å². The maximum Gasteiger partial charge on any atom is 0.260 e. The van der Waals surface area contributed by atoms with Gasteiger partial charge < -0.3 is 14.2 Å². The van der Waals surface area contributed by atoms with Crippen molar-refractivity contribution in [3.05, 3.63) is 77.9 Å². The molecule has 3 aromatic carbocycles. The maximum atomic E-state index is 13.9. The Balaban J connectivity index is 1.47. The summed E-state index contributed by atoms with van der Waals surface area (Å²) >= 11 is 1.33. The van der Waals surface area contributed by atoms with Crippen LogP contribution in [0.15, 0.2) is 71.6 Å². The number of anilines is 1. The zero-order valence-corrected chi connectivity index (χ0v) is 24.2. The Kier molecular flexibility index (Phi) is 8.36. The monoisotopic (exact) mass is 581 g/mol. The maximum absolute atomic E-state index is 13.9. The fraction of sp³-hybridized carbons (Fsp3) is 0.310. The van der Waals surface area contributed by atoms with Crippen molar-refractivity contribution in [2.75, 3.05) is 39.3 Å². The molecule has 1 aliphatic heterocycles. The number of thiazole rings is 1. The number of benzene rings is 3. The number of carbonyl (C=O) groups excluding carboxylic acids is 1. The predicted molar refractivity (Wildman–Crippen MR) is 155 cm³/mol. The molecule has 1 saturated heterocycles. The largest absolute Gasteiger partial charge is 0.495 e. The number of carbonyl (C=O) groups is 1. The molecule has 11 heteroatoms. The van der Waals surface area contributed by atoms with Crippen molar-refractivity contribution in [1.29, 1.82) is 0 Å². The summed E-state index contributed by atoms with van der Waals surface area (Å²) in [6.07, 6.45) is 1.68. The molecule has 4 aromatic rings. The van der Waals surface area contributed by atoms with Gasteiger partial charge in [-0.25, -0.2) is 13.4 Å². The standard InChI is InChI=1S/C29H31N3O6S2/c1-31(19-22-10-7-17-38-22)40(34,35)23-13-11-21(12-14-23)28(33)32(18-20-8-5-4-6-9-20)29-30-26-24(36-2)15-16-25(37-3)27(26)39-29/h4-6,8-9,11-16,22H,7,10,17-19H2,1-3H3. The second-order valence-corrected chi connectivity index (χ2v) is 12.5. The summed E-state index contributed by atoms with van der Waals surface area (Å²) in [5.74, 6) is 0.901. The fourth-order valence-corrected chi connectivity index (χ4v) is 6.94. The third-order valence-corrected chi connectivity index (χ3v) is 9.78. The Bertz CT molecular complexity index is 1540. The molecule has 1 fully saturated rings. The molecule has 0 aliphatic carbocycles. The van der Waals surface area contributed by atoms with E-state index in [2.05, 4.69) is 0 Å². The Morgan fingerprint density at radius 2 is 1.73 bits per heavy atom. The number of fused-ring (bicyclic) bond motifs is 1. The number of rotatable bonds is 10. The number of nitrogens with zero attached hydrogens (tertiary/aromatic N) is 3. The lowest BCUT2D eigenvalue weighted by molar-refractivity contribution is 0.0978. The van der Waals surface area contributed by atoms with E-state index in [0.717, 1.165) is 23.1 Å². The third-order valence-electron chi connectivity index (χ3n) is 6.85. The Hall–Kier alpha value is -3.51. The van der Waals surface area contributed by atoms with Gasteiger partial charge in [0.2, 0.25) is 10.0 Å². The van der Waals surface area contributed by atoms with Crippen LogP contribution in [0.25, 0.3) is 10.2 Å². The van der Waals surface area contributed by atoms with Gasteiger partial charge in [-0.1, -0.05) is 41.7 Å². The van der Waals surface area contributed by atoms with Crippen LogP contribution in [0.1, 0.15) is 28.8 Å². The molecule has 0 N–H and O–H groups in total. The summed E-state index contributed by atoms with van der Waals surface area (Å²) in [5, 5.41) is 0.472. The van der Waals surface area contributed by atoms with E-state index in [0.29, 0.717) is 40.9 Å². The molecule has 1 amide bonds. The van der Waals surface area contributed by atoms with E-state index >= 15 is 0 Å². The Labute approximate surface area is 238 Å². The number of sulfonamides is 1. The van der Waals surface area contributed by atoms with Gasteiger partial charge >= 0.3 is 0 Å². The van der Waals surface area contributed by atoms with E-state index in [1.807, 2.05) is 36.4 Å². The SMILES string of the molecule is COc1ccc(OC)c2sc(N(Cc3ccccc3)C(=O)c3ccc(S(=O)(=O)N(C)CC4CCCO4)cc3)nc12. The molecular formula is C29H31N3O6S2. The molecule has 0 spiro atoms. The minimum atomic E-state index is -3.73. The number of likely N-dealkylation sites (N-methyl/N-ethyl adjacent to an activating group) is 1. The van der Waals surface area contributed by atoms with Gasteiger partial charge in [-0.05, 0) is 54.8 Å². The van der Waals surface area contributed by atoms with Crippen LogP contribution >= 0.6 is 11.3 Å². The number of aromatic nitrogens is 1. The van der Waals surface area contributed by atoms with Crippen molar-refractivity contribution < 1.29 is 27.4 Å². The lowest BCUT2D eigenvalue weighted by Gasteiger charge is -2.22. The average molecular weight is 582 g/mol. The molecule has 1 aromatic heterocycles. The highest BCUT2D eigenvalue weighted by Gasteiger charge is 2.28. The normalized spacial score (nSPS) is 15.4. The van der Waals surface area contributed by atoms with Gasteiger partial charge in [0.15, 0.2) is 5.13 Å². The first-order chi connectivity index (χ1) is 19.3. The molecule has 2 heterocycles. The lowest BCUT2D eigenvalue weighted by atomic mass is 10.1. The van der Waals surface area contributed by atoms with E-state index in [9.17, 15) is 13.2 Å². The molecule has 9 nitrogen and oxygen atoms in total. The van der Waals surface area contributed by atoms with Crippen LogP contribution in [0.5, 0.6) is 11.5 Å². The summed E-state index contributed by atoms with van der Waals surface area (Å²) in [6.45, 7) is 1.22. The fourth-order valence-electron chi connectivity index (χ4n) is 4.66. The summed E-state index contributed by atoms with van der Waals surface area (Å²) in [5.41, 5.74) is 1.86. The first-order valence-electron chi connectivity index (χ1n) is 12.9. The van der Waals surface area contributed by atoms with Crippen LogP contribution in [0, 0.1) is 0 Å². The summed E-state index contributed by atoms with van der Waals surface area (Å²) < 4.78 is 45.0. The van der Waals surface area contributed by atoms with Crippen LogP contribution in [-0.2, 0) is 21.3 Å². The third kappa shape index (κ3) is 5.68. The zero-order chi connectivity index (χ0) is 28.3. The predicted octanol–water partition coefficient (Wildman–Crippen LogP) is 4.96. The number of amides is 1. The molecule has 0 saturated carbocycles. The highest BCUT2D eigenvalue weighted by atomic mass is 32.2. The summed E-state index contributed by atoms with van der Waals surface area (Å²) in [4.78, 5) is 20.4. The summed E-state index contributed by atoms with van der Waals surface area (Å²) in [6, 6.07) is 19.2. The Morgan fingerprint density at radius 1 is 1.02 bits per heavy atom. The average Bonchev–Trinajstić information content (AvgIpc) is 3.66. The van der Waals surface area contributed by atoms with Gasteiger partial charge in [0.25, 0.3) is 5.91 Å². The second kappa shape index (κ2) is 11.9. The lowest BCUT2D eigenvalue weighted by Crippen LogP contribution is -2.34.